The lowest BCUT2D eigenvalue weighted by molar-refractivity contribution is 0.465. The number of aryl methyl sites for hydroxylation is 2. The molecule has 0 spiro atoms. The van der Waals surface area contributed by atoms with Crippen LogP contribution in [0, 0.1) is 13.8 Å². The summed E-state index contributed by atoms with van der Waals surface area (Å²) in [6.07, 6.45) is 0. The highest BCUT2D eigenvalue weighted by Gasteiger charge is 2.20. The number of hydrogen-bond acceptors (Lipinski definition) is 4. The second kappa shape index (κ2) is 5.81. The van der Waals surface area contributed by atoms with E-state index in [0.717, 1.165) is 16.9 Å². The van der Waals surface area contributed by atoms with Gasteiger partial charge in [-0.25, -0.2) is 8.42 Å². The van der Waals surface area contributed by atoms with Crippen LogP contribution in [0.5, 0.6) is 0 Å². The van der Waals surface area contributed by atoms with Crippen molar-refractivity contribution >= 4 is 9.84 Å². The molecule has 0 saturated heterocycles. The van der Waals surface area contributed by atoms with Gasteiger partial charge < -0.3 is 9.73 Å². The van der Waals surface area contributed by atoms with Crippen molar-refractivity contribution in [3.8, 4) is 0 Å². The first kappa shape index (κ1) is 14.8. The summed E-state index contributed by atoms with van der Waals surface area (Å²) in [7, 11) is -1.57. The van der Waals surface area contributed by atoms with Gasteiger partial charge in [0.05, 0.1) is 11.4 Å². The highest BCUT2D eigenvalue weighted by Crippen LogP contribution is 2.22. The molecule has 0 aliphatic rings. The Hall–Kier alpha value is -1.59. The average Bonchev–Trinajstić information content (AvgIpc) is 2.79. The molecule has 0 saturated carbocycles. The van der Waals surface area contributed by atoms with E-state index in [1.807, 2.05) is 26.1 Å². The summed E-state index contributed by atoms with van der Waals surface area (Å²) in [5, 5.41) is 2.97. The molecule has 0 amide bonds. The zero-order valence-electron chi connectivity index (χ0n) is 11.9. The van der Waals surface area contributed by atoms with Crippen LogP contribution in [0.3, 0.4) is 0 Å². The molecule has 2 aromatic rings. The van der Waals surface area contributed by atoms with Crippen molar-refractivity contribution in [1.82, 2.24) is 5.32 Å². The number of hydrogen-bond donors (Lipinski definition) is 1. The largest absolute Gasteiger partial charge is 0.464 e. The summed E-state index contributed by atoms with van der Waals surface area (Å²) in [5.74, 6) is 1.09. The predicted molar refractivity (Wildman–Crippen MR) is 78.3 cm³/mol. The van der Waals surface area contributed by atoms with Crippen LogP contribution in [0.1, 0.15) is 22.6 Å². The van der Waals surface area contributed by atoms with Gasteiger partial charge in [-0.3, -0.25) is 0 Å². The third-order valence-corrected chi connectivity index (χ3v) is 4.85. The first-order valence-corrected chi connectivity index (χ1v) is 8.10. The van der Waals surface area contributed by atoms with Crippen LogP contribution >= 0.6 is 0 Å². The lowest BCUT2D eigenvalue weighted by Crippen LogP contribution is -2.07. The van der Waals surface area contributed by atoms with E-state index >= 15 is 0 Å². The van der Waals surface area contributed by atoms with Crippen LogP contribution in [0.2, 0.25) is 0 Å². The van der Waals surface area contributed by atoms with Gasteiger partial charge in [0, 0.05) is 0 Å². The van der Waals surface area contributed by atoms with E-state index < -0.39 is 9.84 Å². The fraction of sp³-hybridized carbons (Fsp3) is 0.333. The first-order chi connectivity index (χ1) is 9.42. The second-order valence-corrected chi connectivity index (χ2v) is 6.88. The number of rotatable bonds is 5. The van der Waals surface area contributed by atoms with Gasteiger partial charge in [0.2, 0.25) is 0 Å². The van der Waals surface area contributed by atoms with Crippen LogP contribution in [0.25, 0.3) is 0 Å². The van der Waals surface area contributed by atoms with Crippen molar-refractivity contribution in [3.63, 3.8) is 0 Å². The SMILES string of the molecule is CNCc1ccc(CS(=O)(=O)c2cc(C)ccc2C)o1. The molecule has 2 rings (SSSR count). The fourth-order valence-corrected chi connectivity index (χ4v) is 3.69. The quantitative estimate of drug-likeness (QED) is 0.920. The normalized spacial score (nSPS) is 11.8. The number of sulfone groups is 1. The molecule has 0 radical (unpaired) electrons. The molecule has 5 heteroatoms. The summed E-state index contributed by atoms with van der Waals surface area (Å²) in [4.78, 5) is 0.379. The maximum absolute atomic E-state index is 12.5. The van der Waals surface area contributed by atoms with Crippen molar-refractivity contribution in [2.45, 2.75) is 31.0 Å². The molecule has 0 aliphatic heterocycles. The molecule has 0 unspecified atom stereocenters. The van der Waals surface area contributed by atoms with Crippen LogP contribution in [0.4, 0.5) is 0 Å². The standard InChI is InChI=1S/C15H19NO3S/c1-11-4-5-12(2)15(8-11)20(17,18)10-14-7-6-13(19-14)9-16-3/h4-8,16H,9-10H2,1-3H3. The van der Waals surface area contributed by atoms with Crippen molar-refractivity contribution in [3.05, 3.63) is 53.0 Å². The summed E-state index contributed by atoms with van der Waals surface area (Å²) < 4.78 is 30.4. The van der Waals surface area contributed by atoms with E-state index in [1.165, 1.54) is 0 Å². The van der Waals surface area contributed by atoms with Crippen LogP contribution < -0.4 is 5.32 Å². The Bertz CT molecular complexity index is 702. The minimum atomic E-state index is -3.38. The maximum Gasteiger partial charge on any atom is 0.185 e. The molecule has 1 aromatic carbocycles. The Labute approximate surface area is 119 Å². The van der Waals surface area contributed by atoms with Crippen LogP contribution in [0.15, 0.2) is 39.6 Å². The van der Waals surface area contributed by atoms with E-state index in [4.69, 9.17) is 4.42 Å². The Balaban J connectivity index is 2.28. The van der Waals surface area contributed by atoms with Gasteiger partial charge >= 0.3 is 0 Å². The zero-order valence-corrected chi connectivity index (χ0v) is 12.8. The summed E-state index contributed by atoms with van der Waals surface area (Å²) in [5.41, 5.74) is 1.70. The molecular weight excluding hydrogens is 274 g/mol. The minimum absolute atomic E-state index is 0.110. The Morgan fingerprint density at radius 1 is 1.10 bits per heavy atom. The Morgan fingerprint density at radius 2 is 1.80 bits per heavy atom. The predicted octanol–water partition coefficient (Wildman–Crippen LogP) is 2.59. The maximum atomic E-state index is 12.5. The van der Waals surface area contributed by atoms with E-state index in [-0.39, 0.29) is 5.75 Å². The zero-order chi connectivity index (χ0) is 14.8. The van der Waals surface area contributed by atoms with Gasteiger partial charge in [0.1, 0.15) is 17.3 Å². The fourth-order valence-electron chi connectivity index (χ4n) is 2.08. The minimum Gasteiger partial charge on any atom is -0.464 e. The molecule has 0 bridgehead atoms. The Morgan fingerprint density at radius 3 is 2.50 bits per heavy atom. The topological polar surface area (TPSA) is 59.3 Å². The first-order valence-electron chi connectivity index (χ1n) is 6.44. The van der Waals surface area contributed by atoms with Crippen molar-refractivity contribution in [2.75, 3.05) is 7.05 Å². The molecule has 108 valence electrons. The molecule has 1 heterocycles. The van der Waals surface area contributed by atoms with E-state index in [0.29, 0.717) is 17.2 Å². The molecule has 1 aromatic heterocycles. The van der Waals surface area contributed by atoms with Gasteiger partial charge in [-0.15, -0.1) is 0 Å². The van der Waals surface area contributed by atoms with Crippen LogP contribution in [-0.4, -0.2) is 15.5 Å². The summed E-state index contributed by atoms with van der Waals surface area (Å²) >= 11 is 0. The molecule has 0 aliphatic carbocycles. The second-order valence-electron chi connectivity index (χ2n) is 4.93. The van der Waals surface area contributed by atoms with Gasteiger partial charge in [-0.1, -0.05) is 12.1 Å². The lowest BCUT2D eigenvalue weighted by atomic mass is 10.2. The summed E-state index contributed by atoms with van der Waals surface area (Å²) in [6, 6.07) is 8.96. The van der Waals surface area contributed by atoms with E-state index in [9.17, 15) is 8.42 Å². The highest BCUT2D eigenvalue weighted by atomic mass is 32.2. The Kier molecular flexibility index (Phi) is 4.30. The highest BCUT2D eigenvalue weighted by molar-refractivity contribution is 7.90. The molecule has 4 nitrogen and oxygen atoms in total. The molecular formula is C15H19NO3S. The number of benzene rings is 1. The van der Waals surface area contributed by atoms with Crippen LogP contribution in [-0.2, 0) is 22.1 Å². The monoisotopic (exact) mass is 293 g/mol. The number of furan rings is 1. The van der Waals surface area contributed by atoms with Crippen molar-refractivity contribution < 1.29 is 12.8 Å². The van der Waals surface area contributed by atoms with Gasteiger partial charge in [0.15, 0.2) is 9.84 Å². The molecule has 0 atom stereocenters. The van der Waals surface area contributed by atoms with E-state index in [2.05, 4.69) is 5.32 Å². The third-order valence-electron chi connectivity index (χ3n) is 3.08. The smallest absolute Gasteiger partial charge is 0.185 e. The lowest BCUT2D eigenvalue weighted by Gasteiger charge is -2.07. The number of nitrogens with one attached hydrogen (secondary N) is 1. The summed E-state index contributed by atoms with van der Waals surface area (Å²) in [6.45, 7) is 4.28. The van der Waals surface area contributed by atoms with Gasteiger partial charge in [0.25, 0.3) is 0 Å². The average molecular weight is 293 g/mol. The van der Waals surface area contributed by atoms with E-state index in [1.54, 1.807) is 25.1 Å². The van der Waals surface area contributed by atoms with Crippen molar-refractivity contribution in [2.24, 2.45) is 0 Å². The molecule has 0 fully saturated rings. The van der Waals surface area contributed by atoms with Gasteiger partial charge in [-0.2, -0.15) is 0 Å². The third kappa shape index (κ3) is 3.29. The van der Waals surface area contributed by atoms with Crippen molar-refractivity contribution in [1.29, 1.82) is 0 Å². The van der Waals surface area contributed by atoms with Gasteiger partial charge in [-0.05, 0) is 50.2 Å². The molecule has 20 heavy (non-hydrogen) atoms. The molecule has 1 N–H and O–H groups in total.